The summed E-state index contributed by atoms with van der Waals surface area (Å²) in [5, 5.41) is 29.0. The maximum absolute atomic E-state index is 12.7. The number of aliphatic hydroxyl groups is 3. The Morgan fingerprint density at radius 3 is 2.70 bits per heavy atom. The first kappa shape index (κ1) is 15.4. The second-order valence-corrected chi connectivity index (χ2v) is 5.10. The maximum atomic E-state index is 12.7. The number of nitrogen functional groups attached to an aromatic ring is 1. The number of H-pyrrole nitrogens is 1. The molecule has 0 aromatic carbocycles. The molecular weight excluding hydrogens is 310 g/mol. The van der Waals surface area contributed by atoms with Gasteiger partial charge in [-0.05, 0) is 0 Å². The van der Waals surface area contributed by atoms with Crippen LogP contribution in [0.3, 0.4) is 0 Å². The lowest BCUT2D eigenvalue weighted by Crippen LogP contribution is -2.69. The molecular formula is C12H15N5O6. The van der Waals surface area contributed by atoms with Crippen molar-refractivity contribution in [1.82, 2.24) is 19.1 Å². The van der Waals surface area contributed by atoms with E-state index >= 15 is 0 Å². The van der Waals surface area contributed by atoms with Gasteiger partial charge in [0.15, 0.2) is 17.9 Å². The van der Waals surface area contributed by atoms with Gasteiger partial charge in [-0.2, -0.15) is 4.98 Å². The van der Waals surface area contributed by atoms with Gasteiger partial charge in [0.1, 0.15) is 5.65 Å². The first-order valence-electron chi connectivity index (χ1n) is 6.64. The Morgan fingerprint density at radius 1 is 1.48 bits per heavy atom. The number of ether oxygens (including phenoxy) is 1. The Bertz CT molecular complexity index is 898. The number of aromatic nitrogens is 4. The number of imidazole rings is 1. The lowest BCUT2D eigenvalue weighted by Gasteiger charge is -2.48. The summed E-state index contributed by atoms with van der Waals surface area (Å²) < 4.78 is 6.93. The van der Waals surface area contributed by atoms with Crippen molar-refractivity contribution in [2.24, 2.45) is 0 Å². The molecule has 2 aromatic heterocycles. The van der Waals surface area contributed by atoms with Crippen molar-refractivity contribution < 1.29 is 20.1 Å². The number of aromatic amines is 1. The minimum absolute atomic E-state index is 0.0167. The average Bonchev–Trinajstić information content (AvgIpc) is 2.77. The summed E-state index contributed by atoms with van der Waals surface area (Å²) in [6.45, 7) is 2.67. The van der Waals surface area contributed by atoms with E-state index < -0.39 is 36.0 Å². The lowest BCUT2D eigenvalue weighted by molar-refractivity contribution is -0.402. The molecule has 0 spiro atoms. The molecule has 3 atom stereocenters. The largest absolute Gasteiger partial charge is 0.391 e. The van der Waals surface area contributed by atoms with Crippen LogP contribution in [0.2, 0.25) is 0 Å². The van der Waals surface area contributed by atoms with Crippen LogP contribution in [0.5, 0.6) is 0 Å². The minimum Gasteiger partial charge on any atom is -0.391 e. The van der Waals surface area contributed by atoms with Crippen molar-refractivity contribution in [3.05, 3.63) is 33.5 Å². The normalized spacial score (nSPS) is 27.1. The fourth-order valence-corrected chi connectivity index (χ4v) is 2.72. The zero-order chi connectivity index (χ0) is 16.9. The number of nitrogens with two attached hydrogens (primary N) is 1. The molecule has 6 N–H and O–H groups in total. The highest BCUT2D eigenvalue weighted by Crippen LogP contribution is 2.36. The van der Waals surface area contributed by atoms with Gasteiger partial charge < -0.3 is 30.8 Å². The van der Waals surface area contributed by atoms with Gasteiger partial charge in [0.2, 0.25) is 11.7 Å². The highest BCUT2D eigenvalue weighted by atomic mass is 16.7. The van der Waals surface area contributed by atoms with Gasteiger partial charge in [-0.1, -0.05) is 6.08 Å². The number of hydrogen-bond donors (Lipinski definition) is 5. The topological polar surface area (TPSA) is 169 Å². The molecule has 0 radical (unpaired) electrons. The number of rotatable bonds is 4. The van der Waals surface area contributed by atoms with Crippen LogP contribution in [0.1, 0.15) is 0 Å². The second kappa shape index (κ2) is 5.03. The SMILES string of the molecule is C=CCn1c(=O)n([C@]2(CO)O[C@H](O)[C@@H]2O)c2[nH]c(N)nc(=O)c21. The van der Waals surface area contributed by atoms with Crippen molar-refractivity contribution >= 4 is 17.1 Å². The summed E-state index contributed by atoms with van der Waals surface area (Å²) in [5.74, 6) is -0.255. The highest BCUT2D eigenvalue weighted by Gasteiger charge is 2.58. The Labute approximate surface area is 127 Å². The van der Waals surface area contributed by atoms with Crippen LogP contribution in [-0.2, 0) is 17.0 Å². The van der Waals surface area contributed by atoms with Crippen LogP contribution in [-0.4, -0.2) is 53.4 Å². The van der Waals surface area contributed by atoms with Crippen LogP contribution < -0.4 is 17.0 Å². The number of hydrogen-bond acceptors (Lipinski definition) is 8. The maximum Gasteiger partial charge on any atom is 0.333 e. The van der Waals surface area contributed by atoms with Gasteiger partial charge in [-0.15, -0.1) is 6.58 Å². The lowest BCUT2D eigenvalue weighted by atomic mass is 10.0. The quantitative estimate of drug-likeness (QED) is 0.371. The number of fused-ring (bicyclic) bond motifs is 1. The van der Waals surface area contributed by atoms with Crippen LogP contribution in [0.4, 0.5) is 5.95 Å². The summed E-state index contributed by atoms with van der Waals surface area (Å²) in [7, 11) is 0. The Morgan fingerprint density at radius 2 is 2.17 bits per heavy atom. The molecule has 0 bridgehead atoms. The highest BCUT2D eigenvalue weighted by molar-refractivity contribution is 5.72. The van der Waals surface area contributed by atoms with Crippen LogP contribution in [0.25, 0.3) is 11.2 Å². The number of nitrogens with zero attached hydrogens (tertiary/aromatic N) is 3. The monoisotopic (exact) mass is 325 g/mol. The third kappa shape index (κ3) is 1.88. The van der Waals surface area contributed by atoms with Crippen LogP contribution in [0, 0.1) is 0 Å². The summed E-state index contributed by atoms with van der Waals surface area (Å²) in [6, 6.07) is 0. The molecule has 0 aliphatic carbocycles. The van der Waals surface area contributed by atoms with E-state index in [2.05, 4.69) is 16.5 Å². The van der Waals surface area contributed by atoms with E-state index in [1.165, 1.54) is 6.08 Å². The molecule has 1 fully saturated rings. The van der Waals surface area contributed by atoms with E-state index in [0.717, 1.165) is 9.13 Å². The number of aliphatic hydroxyl groups excluding tert-OH is 3. The fourth-order valence-electron chi connectivity index (χ4n) is 2.72. The van der Waals surface area contributed by atoms with E-state index in [-0.39, 0.29) is 23.7 Å². The number of anilines is 1. The van der Waals surface area contributed by atoms with Crippen molar-refractivity contribution in [1.29, 1.82) is 0 Å². The first-order valence-corrected chi connectivity index (χ1v) is 6.64. The molecule has 11 nitrogen and oxygen atoms in total. The first-order chi connectivity index (χ1) is 10.9. The molecule has 2 aromatic rings. The Balaban J connectivity index is 2.42. The fraction of sp³-hybridized carbons (Fsp3) is 0.417. The standard InChI is InChI=1S/C12H15N5O6/c1-2-3-16-5-7(14-10(13)15-8(5)20)17(11(16)22)12(4-18)6(19)9(21)23-12/h2,6,9,18-19,21H,1,3-4H2,(H3,13,14,15,20)/t6-,9-,12+/m0/s1. The van der Waals surface area contributed by atoms with E-state index in [4.69, 9.17) is 10.5 Å². The van der Waals surface area contributed by atoms with Gasteiger partial charge >= 0.3 is 11.2 Å². The van der Waals surface area contributed by atoms with Crippen LogP contribution in [0.15, 0.2) is 22.2 Å². The molecule has 0 saturated carbocycles. The predicted octanol–water partition coefficient (Wildman–Crippen LogP) is -2.99. The van der Waals surface area contributed by atoms with E-state index in [0.29, 0.717) is 0 Å². The smallest absolute Gasteiger partial charge is 0.333 e. The summed E-state index contributed by atoms with van der Waals surface area (Å²) in [6.07, 6.45) is -1.76. The zero-order valence-electron chi connectivity index (χ0n) is 11.8. The van der Waals surface area contributed by atoms with E-state index in [9.17, 15) is 24.9 Å². The molecule has 124 valence electrons. The predicted molar refractivity (Wildman–Crippen MR) is 77.4 cm³/mol. The minimum atomic E-state index is -1.93. The molecule has 23 heavy (non-hydrogen) atoms. The van der Waals surface area contributed by atoms with E-state index in [1.807, 2.05) is 0 Å². The van der Waals surface area contributed by atoms with Crippen molar-refractivity contribution in [3.8, 4) is 0 Å². The molecule has 3 rings (SSSR count). The van der Waals surface area contributed by atoms with Gasteiger partial charge in [0.05, 0.1) is 6.61 Å². The summed E-state index contributed by atoms with van der Waals surface area (Å²) in [4.78, 5) is 30.8. The second-order valence-electron chi connectivity index (χ2n) is 5.10. The van der Waals surface area contributed by atoms with Crippen molar-refractivity contribution in [2.45, 2.75) is 24.7 Å². The zero-order valence-corrected chi connectivity index (χ0v) is 11.8. The van der Waals surface area contributed by atoms with Gasteiger partial charge in [0.25, 0.3) is 0 Å². The van der Waals surface area contributed by atoms with Crippen molar-refractivity contribution in [2.75, 3.05) is 12.3 Å². The summed E-state index contributed by atoms with van der Waals surface area (Å²) >= 11 is 0. The molecule has 3 heterocycles. The number of nitrogens with one attached hydrogen (secondary N) is 1. The van der Waals surface area contributed by atoms with Gasteiger partial charge in [-0.3, -0.25) is 9.36 Å². The van der Waals surface area contributed by atoms with Crippen LogP contribution >= 0.6 is 0 Å². The molecule has 0 amide bonds. The Hall–Kier alpha value is -2.47. The Kier molecular flexibility index (Phi) is 3.37. The van der Waals surface area contributed by atoms with E-state index in [1.54, 1.807) is 0 Å². The third-order valence-electron chi connectivity index (χ3n) is 3.78. The molecule has 1 aliphatic heterocycles. The molecule has 1 saturated heterocycles. The third-order valence-corrected chi connectivity index (χ3v) is 3.78. The molecule has 1 aliphatic rings. The van der Waals surface area contributed by atoms with Gasteiger partial charge in [-0.25, -0.2) is 9.36 Å². The van der Waals surface area contributed by atoms with Crippen molar-refractivity contribution in [3.63, 3.8) is 0 Å². The van der Waals surface area contributed by atoms with Gasteiger partial charge in [0, 0.05) is 6.54 Å². The summed E-state index contributed by atoms with van der Waals surface area (Å²) in [5.41, 5.74) is 1.84. The average molecular weight is 325 g/mol. The molecule has 11 heteroatoms. The molecule has 0 unspecified atom stereocenters. The number of allylic oxidation sites excluding steroid dienone is 1.